The number of halogens is 2. The Morgan fingerprint density at radius 2 is 1.70 bits per heavy atom. The number of nitrogens with one attached hydrogen (secondary N) is 1. The van der Waals surface area contributed by atoms with Crippen molar-refractivity contribution in [3.63, 3.8) is 0 Å². The van der Waals surface area contributed by atoms with Crippen LogP contribution in [-0.4, -0.2) is 31.9 Å². The molecule has 1 N–H and O–H groups in total. The molecule has 0 atom stereocenters. The minimum absolute atomic E-state index is 0.240. The van der Waals surface area contributed by atoms with E-state index in [4.69, 9.17) is 18.9 Å². The molecule has 0 unspecified atom stereocenters. The first-order chi connectivity index (χ1) is 17.9. The zero-order valence-electron chi connectivity index (χ0n) is 20.6. The quantitative estimate of drug-likeness (QED) is 0.148. The number of hydrogen-bond acceptors (Lipinski definition) is 6. The van der Waals surface area contributed by atoms with Crippen LogP contribution in [0.4, 0.5) is 4.39 Å². The molecule has 0 aliphatic carbocycles. The number of amides is 1. The average Bonchev–Trinajstić information content (AvgIpc) is 2.88. The molecule has 0 aromatic heterocycles. The SMILES string of the molecule is C=CCOc1ccc(C(=O)N/N=C/c2cc(Br)c(OCc3ccc(F)cc3)c(OCC)c2)cc1OCC. The fraction of sp³-hybridized carbons (Fsp3) is 0.214. The Morgan fingerprint density at radius 3 is 2.41 bits per heavy atom. The number of nitrogens with zero attached hydrogens (tertiary/aromatic N) is 1. The van der Waals surface area contributed by atoms with Crippen LogP contribution in [0.15, 0.2) is 76.8 Å². The molecule has 9 heteroatoms. The molecule has 0 aliphatic rings. The predicted molar refractivity (Wildman–Crippen MR) is 144 cm³/mol. The molecular formula is C28H28BrFN2O5. The van der Waals surface area contributed by atoms with Gasteiger partial charge in [0.15, 0.2) is 23.0 Å². The van der Waals surface area contributed by atoms with Crippen LogP contribution >= 0.6 is 15.9 Å². The summed E-state index contributed by atoms with van der Waals surface area (Å²) < 4.78 is 36.6. The van der Waals surface area contributed by atoms with Crippen molar-refractivity contribution in [2.75, 3.05) is 19.8 Å². The molecule has 1 amide bonds. The summed E-state index contributed by atoms with van der Waals surface area (Å²) in [6, 6.07) is 14.5. The molecule has 0 radical (unpaired) electrons. The highest BCUT2D eigenvalue weighted by atomic mass is 79.9. The molecular weight excluding hydrogens is 543 g/mol. The van der Waals surface area contributed by atoms with E-state index in [1.54, 1.807) is 48.5 Å². The Hall–Kier alpha value is -3.85. The van der Waals surface area contributed by atoms with Crippen molar-refractivity contribution in [2.45, 2.75) is 20.5 Å². The van der Waals surface area contributed by atoms with Gasteiger partial charge in [-0.25, -0.2) is 9.82 Å². The van der Waals surface area contributed by atoms with E-state index in [2.05, 4.69) is 33.0 Å². The van der Waals surface area contributed by atoms with E-state index in [-0.39, 0.29) is 12.4 Å². The molecule has 7 nitrogen and oxygen atoms in total. The second kappa shape index (κ2) is 14.0. The topological polar surface area (TPSA) is 78.4 Å². The Balaban J connectivity index is 1.70. The van der Waals surface area contributed by atoms with Gasteiger partial charge in [-0.05, 0) is 83.4 Å². The number of rotatable bonds is 13. The minimum Gasteiger partial charge on any atom is -0.490 e. The van der Waals surface area contributed by atoms with Crippen LogP contribution in [0.2, 0.25) is 0 Å². The summed E-state index contributed by atoms with van der Waals surface area (Å²) in [6.07, 6.45) is 3.13. The van der Waals surface area contributed by atoms with Crippen LogP contribution in [0.5, 0.6) is 23.0 Å². The van der Waals surface area contributed by atoms with Crippen molar-refractivity contribution in [1.82, 2.24) is 5.43 Å². The van der Waals surface area contributed by atoms with Gasteiger partial charge < -0.3 is 18.9 Å². The van der Waals surface area contributed by atoms with Crippen molar-refractivity contribution in [3.8, 4) is 23.0 Å². The highest BCUT2D eigenvalue weighted by Crippen LogP contribution is 2.37. The maximum atomic E-state index is 13.2. The van der Waals surface area contributed by atoms with E-state index >= 15 is 0 Å². The predicted octanol–water partition coefficient (Wildman–Crippen LogP) is 6.29. The number of benzene rings is 3. The number of ether oxygens (including phenoxy) is 4. The number of hydrogen-bond donors (Lipinski definition) is 1. The molecule has 3 aromatic carbocycles. The zero-order chi connectivity index (χ0) is 26.6. The van der Waals surface area contributed by atoms with Crippen molar-refractivity contribution in [2.24, 2.45) is 5.10 Å². The van der Waals surface area contributed by atoms with Gasteiger partial charge in [0.05, 0.1) is 23.9 Å². The lowest BCUT2D eigenvalue weighted by Gasteiger charge is -2.14. The smallest absolute Gasteiger partial charge is 0.271 e. The average molecular weight is 571 g/mol. The van der Waals surface area contributed by atoms with Gasteiger partial charge >= 0.3 is 0 Å². The summed E-state index contributed by atoms with van der Waals surface area (Å²) in [6.45, 7) is 8.76. The molecule has 0 bridgehead atoms. The number of carbonyl (C=O) groups is 1. The highest BCUT2D eigenvalue weighted by Gasteiger charge is 2.14. The Morgan fingerprint density at radius 1 is 0.973 bits per heavy atom. The van der Waals surface area contributed by atoms with Gasteiger partial charge in [-0.2, -0.15) is 5.10 Å². The van der Waals surface area contributed by atoms with Gasteiger partial charge in [-0.1, -0.05) is 24.8 Å². The molecule has 0 spiro atoms. The summed E-state index contributed by atoms with van der Waals surface area (Å²) in [5, 5.41) is 4.08. The van der Waals surface area contributed by atoms with Crippen molar-refractivity contribution < 1.29 is 28.1 Å². The maximum absolute atomic E-state index is 13.2. The Bertz CT molecular complexity index is 1250. The summed E-state index contributed by atoms with van der Waals surface area (Å²) in [5.41, 5.74) is 4.37. The van der Waals surface area contributed by atoms with Crippen molar-refractivity contribution in [1.29, 1.82) is 0 Å². The van der Waals surface area contributed by atoms with Gasteiger partial charge in [-0.3, -0.25) is 4.79 Å². The zero-order valence-corrected chi connectivity index (χ0v) is 22.2. The van der Waals surface area contributed by atoms with Crippen molar-refractivity contribution in [3.05, 3.63) is 94.2 Å². The fourth-order valence-corrected chi connectivity index (χ4v) is 3.79. The van der Waals surface area contributed by atoms with E-state index < -0.39 is 5.91 Å². The van der Waals surface area contributed by atoms with Crippen LogP contribution in [0.1, 0.15) is 35.3 Å². The third-order valence-corrected chi connectivity index (χ3v) is 5.46. The van der Waals surface area contributed by atoms with Gasteiger partial charge in [0.2, 0.25) is 0 Å². The Kier molecular flexibility index (Phi) is 10.5. The molecule has 0 aliphatic heterocycles. The number of hydrazone groups is 1. The molecule has 0 heterocycles. The standard InChI is InChI=1S/C28H28BrFN2O5/c1-4-13-36-24-12-9-21(16-25(24)34-5-2)28(33)32-31-17-20-14-23(29)27(26(15-20)35-6-3)37-18-19-7-10-22(30)11-8-19/h4,7-12,14-17H,1,5-6,13,18H2,2-3H3,(H,32,33)/b31-17+. The van der Waals surface area contributed by atoms with E-state index in [1.807, 2.05) is 13.8 Å². The summed E-state index contributed by atoms with van der Waals surface area (Å²) in [7, 11) is 0. The largest absolute Gasteiger partial charge is 0.490 e. The van der Waals surface area contributed by atoms with Crippen LogP contribution in [0.3, 0.4) is 0 Å². The lowest BCUT2D eigenvalue weighted by atomic mass is 10.2. The molecule has 3 rings (SSSR count). The van der Waals surface area contributed by atoms with Crippen LogP contribution in [-0.2, 0) is 6.61 Å². The van der Waals surface area contributed by atoms with Gasteiger partial charge in [0.25, 0.3) is 5.91 Å². The minimum atomic E-state index is -0.407. The third-order valence-electron chi connectivity index (χ3n) is 4.87. The highest BCUT2D eigenvalue weighted by molar-refractivity contribution is 9.10. The lowest BCUT2D eigenvalue weighted by molar-refractivity contribution is 0.0954. The Labute approximate surface area is 224 Å². The summed E-state index contributed by atoms with van der Waals surface area (Å²) >= 11 is 3.51. The first-order valence-electron chi connectivity index (χ1n) is 11.6. The molecule has 3 aromatic rings. The third kappa shape index (κ3) is 8.08. The van der Waals surface area contributed by atoms with E-state index in [9.17, 15) is 9.18 Å². The van der Waals surface area contributed by atoms with Crippen LogP contribution < -0.4 is 24.4 Å². The molecule has 0 saturated carbocycles. The molecule has 0 fully saturated rings. The van der Waals surface area contributed by atoms with Crippen LogP contribution in [0.25, 0.3) is 0 Å². The van der Waals surface area contributed by atoms with Gasteiger partial charge in [-0.15, -0.1) is 0 Å². The monoisotopic (exact) mass is 570 g/mol. The van der Waals surface area contributed by atoms with Gasteiger partial charge in [0, 0.05) is 5.56 Å². The van der Waals surface area contributed by atoms with Crippen molar-refractivity contribution >= 4 is 28.1 Å². The van der Waals surface area contributed by atoms with E-state index in [1.165, 1.54) is 18.3 Å². The molecule has 194 valence electrons. The lowest BCUT2D eigenvalue weighted by Crippen LogP contribution is -2.17. The first kappa shape index (κ1) is 27.7. The number of carbonyl (C=O) groups excluding carboxylic acids is 1. The molecule has 37 heavy (non-hydrogen) atoms. The fourth-order valence-electron chi connectivity index (χ4n) is 3.22. The second-order valence-corrected chi connectivity index (χ2v) is 8.43. The summed E-state index contributed by atoms with van der Waals surface area (Å²) in [5.74, 6) is 1.29. The van der Waals surface area contributed by atoms with E-state index in [0.29, 0.717) is 58.4 Å². The second-order valence-electron chi connectivity index (χ2n) is 7.57. The molecule has 0 saturated heterocycles. The normalized spacial score (nSPS) is 10.7. The van der Waals surface area contributed by atoms with Gasteiger partial charge in [0.1, 0.15) is 19.0 Å². The maximum Gasteiger partial charge on any atom is 0.271 e. The summed E-state index contributed by atoms with van der Waals surface area (Å²) in [4.78, 5) is 12.6. The first-order valence-corrected chi connectivity index (χ1v) is 12.4. The van der Waals surface area contributed by atoms with E-state index in [0.717, 1.165) is 5.56 Å². The van der Waals surface area contributed by atoms with Crippen LogP contribution in [0, 0.1) is 5.82 Å².